The van der Waals surface area contributed by atoms with E-state index in [0.717, 1.165) is 22.8 Å². The van der Waals surface area contributed by atoms with Gasteiger partial charge in [0.15, 0.2) is 11.5 Å². The average molecular weight is 326 g/mol. The fourth-order valence-electron chi connectivity index (χ4n) is 2.65. The van der Waals surface area contributed by atoms with Crippen molar-refractivity contribution in [2.45, 2.75) is 34.2 Å². The first kappa shape index (κ1) is 17.9. The van der Waals surface area contributed by atoms with E-state index in [4.69, 9.17) is 9.47 Å². The molecule has 0 heterocycles. The number of hydrazone groups is 1. The minimum absolute atomic E-state index is 0.627. The number of hydrogen-bond donors (Lipinski definition) is 1. The summed E-state index contributed by atoms with van der Waals surface area (Å²) in [7, 11) is 3.27. The Kier molecular flexibility index (Phi) is 5.85. The molecule has 0 bridgehead atoms. The number of nitrogens with one attached hydrogen (secondary N) is 1. The Bertz CT molecular complexity index is 752. The van der Waals surface area contributed by atoms with E-state index in [9.17, 15) is 0 Å². The highest BCUT2D eigenvalue weighted by Crippen LogP contribution is 2.27. The molecule has 2 aromatic rings. The van der Waals surface area contributed by atoms with E-state index in [2.05, 4.69) is 43.4 Å². The van der Waals surface area contributed by atoms with E-state index in [1.807, 2.05) is 25.1 Å². The van der Waals surface area contributed by atoms with Gasteiger partial charge in [0.05, 0.1) is 26.5 Å². The summed E-state index contributed by atoms with van der Waals surface area (Å²) in [5.74, 6) is 1.45. The van der Waals surface area contributed by atoms with E-state index < -0.39 is 0 Å². The SMILES string of the molecule is COc1ccc(CN/N=C(/C)c2cc(C)c(C)cc2C)cc1OC. The minimum Gasteiger partial charge on any atom is -0.493 e. The van der Waals surface area contributed by atoms with Crippen molar-refractivity contribution < 1.29 is 9.47 Å². The van der Waals surface area contributed by atoms with Crippen LogP contribution in [0.5, 0.6) is 11.5 Å². The molecule has 0 aliphatic rings. The zero-order valence-electron chi connectivity index (χ0n) is 15.4. The molecular formula is C20H26N2O2. The summed E-state index contributed by atoms with van der Waals surface area (Å²) < 4.78 is 10.6. The fraction of sp³-hybridized carbons (Fsp3) is 0.350. The van der Waals surface area contributed by atoms with Crippen molar-refractivity contribution in [3.8, 4) is 11.5 Å². The molecule has 0 unspecified atom stereocenters. The van der Waals surface area contributed by atoms with Crippen molar-refractivity contribution in [2.75, 3.05) is 14.2 Å². The van der Waals surface area contributed by atoms with E-state index in [-0.39, 0.29) is 0 Å². The Morgan fingerprint density at radius 3 is 2.25 bits per heavy atom. The number of nitrogens with zero attached hydrogens (tertiary/aromatic N) is 1. The summed E-state index contributed by atoms with van der Waals surface area (Å²) in [6, 6.07) is 10.3. The van der Waals surface area contributed by atoms with Crippen molar-refractivity contribution in [3.63, 3.8) is 0 Å². The van der Waals surface area contributed by atoms with Crippen LogP contribution in [0.4, 0.5) is 0 Å². The van der Waals surface area contributed by atoms with E-state index in [1.165, 1.54) is 22.3 Å². The zero-order valence-corrected chi connectivity index (χ0v) is 15.4. The molecule has 4 heteroatoms. The van der Waals surface area contributed by atoms with Gasteiger partial charge in [-0.2, -0.15) is 5.10 Å². The van der Waals surface area contributed by atoms with E-state index in [1.54, 1.807) is 14.2 Å². The van der Waals surface area contributed by atoms with Gasteiger partial charge in [-0.05, 0) is 68.1 Å². The Morgan fingerprint density at radius 1 is 0.917 bits per heavy atom. The molecule has 0 radical (unpaired) electrons. The first-order valence-electron chi connectivity index (χ1n) is 8.02. The van der Waals surface area contributed by atoms with E-state index in [0.29, 0.717) is 6.54 Å². The van der Waals surface area contributed by atoms with Gasteiger partial charge in [-0.15, -0.1) is 0 Å². The van der Waals surface area contributed by atoms with Crippen LogP contribution in [0, 0.1) is 20.8 Å². The largest absolute Gasteiger partial charge is 0.493 e. The third-order valence-electron chi connectivity index (χ3n) is 4.21. The summed E-state index contributed by atoms with van der Waals surface area (Å²) in [6.45, 7) is 9.03. The summed E-state index contributed by atoms with van der Waals surface area (Å²) >= 11 is 0. The van der Waals surface area contributed by atoms with Crippen molar-refractivity contribution in [3.05, 3.63) is 58.1 Å². The van der Waals surface area contributed by atoms with Crippen molar-refractivity contribution in [2.24, 2.45) is 5.10 Å². The maximum Gasteiger partial charge on any atom is 0.161 e. The Labute approximate surface area is 144 Å². The standard InChI is InChI=1S/C20H26N2O2/c1-13-9-15(3)18(10-14(13)2)16(4)22-21-12-17-7-8-19(23-5)20(11-17)24-6/h7-11,21H,12H2,1-6H3/b22-16-. The van der Waals surface area contributed by atoms with Crippen molar-refractivity contribution >= 4 is 5.71 Å². The van der Waals surface area contributed by atoms with Gasteiger partial charge >= 0.3 is 0 Å². The first-order valence-corrected chi connectivity index (χ1v) is 8.02. The number of aryl methyl sites for hydroxylation is 3. The smallest absolute Gasteiger partial charge is 0.161 e. The van der Waals surface area contributed by atoms with Gasteiger partial charge in [-0.3, -0.25) is 0 Å². The van der Waals surface area contributed by atoms with Crippen LogP contribution in [0.15, 0.2) is 35.4 Å². The normalized spacial score (nSPS) is 11.3. The molecule has 24 heavy (non-hydrogen) atoms. The summed E-state index contributed by atoms with van der Waals surface area (Å²) in [6.07, 6.45) is 0. The molecule has 0 saturated heterocycles. The van der Waals surface area contributed by atoms with Crippen LogP contribution in [-0.4, -0.2) is 19.9 Å². The predicted octanol–water partition coefficient (Wildman–Crippen LogP) is 4.14. The molecule has 1 N–H and O–H groups in total. The van der Waals surface area contributed by atoms with Crippen LogP contribution in [0.25, 0.3) is 0 Å². The van der Waals surface area contributed by atoms with Gasteiger partial charge in [-0.25, -0.2) is 0 Å². The molecule has 128 valence electrons. The van der Waals surface area contributed by atoms with Crippen molar-refractivity contribution in [1.29, 1.82) is 0 Å². The number of rotatable bonds is 6. The van der Waals surface area contributed by atoms with Crippen LogP contribution < -0.4 is 14.9 Å². The van der Waals surface area contributed by atoms with Crippen LogP contribution in [0.1, 0.15) is 34.7 Å². The van der Waals surface area contributed by atoms with Gasteiger partial charge in [0.25, 0.3) is 0 Å². The first-order chi connectivity index (χ1) is 11.5. The topological polar surface area (TPSA) is 42.8 Å². The molecule has 0 aliphatic heterocycles. The van der Waals surface area contributed by atoms with Gasteiger partial charge < -0.3 is 14.9 Å². The van der Waals surface area contributed by atoms with Gasteiger partial charge in [0.1, 0.15) is 0 Å². The average Bonchev–Trinajstić information content (AvgIpc) is 2.57. The maximum atomic E-state index is 5.33. The lowest BCUT2D eigenvalue weighted by atomic mass is 9.98. The molecule has 2 aromatic carbocycles. The highest BCUT2D eigenvalue weighted by molar-refractivity contribution is 6.00. The number of ether oxygens (including phenoxy) is 2. The third kappa shape index (κ3) is 4.07. The van der Waals surface area contributed by atoms with Crippen LogP contribution >= 0.6 is 0 Å². The quantitative estimate of drug-likeness (QED) is 0.641. The number of hydrogen-bond acceptors (Lipinski definition) is 4. The lowest BCUT2D eigenvalue weighted by Gasteiger charge is -2.11. The van der Waals surface area contributed by atoms with Gasteiger partial charge in [0.2, 0.25) is 0 Å². The fourth-order valence-corrected chi connectivity index (χ4v) is 2.65. The summed E-state index contributed by atoms with van der Waals surface area (Å²) in [5, 5.41) is 4.51. The highest BCUT2D eigenvalue weighted by Gasteiger charge is 2.06. The second-order valence-corrected chi connectivity index (χ2v) is 5.97. The maximum absolute atomic E-state index is 5.33. The number of methoxy groups -OCH3 is 2. The monoisotopic (exact) mass is 326 g/mol. The molecule has 0 atom stereocenters. The van der Waals surface area contributed by atoms with Crippen LogP contribution in [0.3, 0.4) is 0 Å². The van der Waals surface area contributed by atoms with E-state index >= 15 is 0 Å². The second kappa shape index (κ2) is 7.86. The second-order valence-electron chi connectivity index (χ2n) is 5.97. The molecule has 0 saturated carbocycles. The summed E-state index contributed by atoms with van der Waals surface area (Å²) in [4.78, 5) is 0. The molecule has 0 amide bonds. The molecule has 2 rings (SSSR count). The molecule has 0 fully saturated rings. The lowest BCUT2D eigenvalue weighted by Crippen LogP contribution is -2.10. The molecule has 4 nitrogen and oxygen atoms in total. The molecule has 0 aromatic heterocycles. The van der Waals surface area contributed by atoms with Crippen LogP contribution in [-0.2, 0) is 6.54 Å². The van der Waals surface area contributed by atoms with Gasteiger partial charge in [0, 0.05) is 5.56 Å². The Hall–Kier alpha value is -2.49. The Balaban J connectivity index is 2.10. The molecule has 0 aliphatic carbocycles. The lowest BCUT2D eigenvalue weighted by molar-refractivity contribution is 0.354. The highest BCUT2D eigenvalue weighted by atomic mass is 16.5. The van der Waals surface area contributed by atoms with Crippen LogP contribution in [0.2, 0.25) is 0 Å². The van der Waals surface area contributed by atoms with Gasteiger partial charge in [-0.1, -0.05) is 12.1 Å². The number of benzene rings is 2. The predicted molar refractivity (Wildman–Crippen MR) is 99.2 cm³/mol. The molecule has 0 spiro atoms. The summed E-state index contributed by atoms with van der Waals surface area (Å²) in [5.41, 5.74) is 10.2. The Morgan fingerprint density at radius 2 is 1.58 bits per heavy atom. The van der Waals surface area contributed by atoms with Crippen molar-refractivity contribution in [1.82, 2.24) is 5.43 Å². The third-order valence-corrected chi connectivity index (χ3v) is 4.21. The minimum atomic E-state index is 0.627. The molecular weight excluding hydrogens is 300 g/mol. The zero-order chi connectivity index (χ0) is 17.7.